The van der Waals surface area contributed by atoms with Gasteiger partial charge in [0.05, 0.1) is 11.4 Å². The van der Waals surface area contributed by atoms with Crippen molar-refractivity contribution in [2.24, 2.45) is 0 Å². The van der Waals surface area contributed by atoms with Crippen molar-refractivity contribution in [1.82, 2.24) is 4.98 Å². The average Bonchev–Trinajstić information content (AvgIpc) is 2.85. The number of H-pyrrole nitrogens is 1. The van der Waals surface area contributed by atoms with Crippen molar-refractivity contribution in [3.8, 4) is 0 Å². The fraction of sp³-hybridized carbons (Fsp3) is 0. The first kappa shape index (κ1) is 12.5. The predicted octanol–water partition coefficient (Wildman–Crippen LogP) is 2.74. The van der Waals surface area contributed by atoms with Crippen LogP contribution in [0.3, 0.4) is 0 Å². The standard InChI is InChI=1S/C12H8BrFN2O2/c13-7-3-4-9(8(14)6-7)16-12(18)11(17)10-2-1-5-15-10/h1-6,15H,(H,16,18). The first-order valence-corrected chi connectivity index (χ1v) is 5.81. The van der Waals surface area contributed by atoms with Crippen LogP contribution in [-0.4, -0.2) is 16.7 Å². The lowest BCUT2D eigenvalue weighted by molar-refractivity contribution is -0.112. The highest BCUT2D eigenvalue weighted by Crippen LogP contribution is 2.19. The maximum atomic E-state index is 13.5. The minimum Gasteiger partial charge on any atom is -0.358 e. The fourth-order valence-corrected chi connectivity index (χ4v) is 1.70. The van der Waals surface area contributed by atoms with Gasteiger partial charge in [0.1, 0.15) is 5.82 Å². The van der Waals surface area contributed by atoms with Crippen molar-refractivity contribution in [2.75, 3.05) is 5.32 Å². The SMILES string of the molecule is O=C(Nc1ccc(Br)cc1F)C(=O)c1ccc[nH]1. The molecular formula is C12H8BrFN2O2. The Morgan fingerprint density at radius 1 is 1.28 bits per heavy atom. The van der Waals surface area contributed by atoms with E-state index in [1.165, 1.54) is 24.4 Å². The topological polar surface area (TPSA) is 62.0 Å². The number of nitrogens with one attached hydrogen (secondary N) is 2. The van der Waals surface area contributed by atoms with Gasteiger partial charge in [0, 0.05) is 10.7 Å². The summed E-state index contributed by atoms with van der Waals surface area (Å²) in [5, 5.41) is 2.22. The molecule has 0 radical (unpaired) electrons. The van der Waals surface area contributed by atoms with Gasteiger partial charge in [-0.15, -0.1) is 0 Å². The van der Waals surface area contributed by atoms with Gasteiger partial charge >= 0.3 is 0 Å². The third-order valence-corrected chi connectivity index (χ3v) is 2.72. The minimum atomic E-state index is -0.890. The molecule has 1 aromatic carbocycles. The molecule has 2 rings (SSSR count). The Hall–Kier alpha value is -1.95. The van der Waals surface area contributed by atoms with Crippen LogP contribution in [0, 0.1) is 5.82 Å². The van der Waals surface area contributed by atoms with Gasteiger partial charge < -0.3 is 10.3 Å². The highest BCUT2D eigenvalue weighted by atomic mass is 79.9. The molecular weight excluding hydrogens is 303 g/mol. The molecule has 0 bridgehead atoms. The Kier molecular flexibility index (Phi) is 3.57. The van der Waals surface area contributed by atoms with E-state index in [0.29, 0.717) is 4.47 Å². The maximum absolute atomic E-state index is 13.5. The smallest absolute Gasteiger partial charge is 0.298 e. The van der Waals surface area contributed by atoms with Gasteiger partial charge in [-0.3, -0.25) is 9.59 Å². The average molecular weight is 311 g/mol. The number of amides is 1. The highest BCUT2D eigenvalue weighted by molar-refractivity contribution is 9.10. The van der Waals surface area contributed by atoms with Crippen LogP contribution in [0.5, 0.6) is 0 Å². The third-order valence-electron chi connectivity index (χ3n) is 2.23. The lowest BCUT2D eigenvalue weighted by atomic mass is 10.2. The lowest BCUT2D eigenvalue weighted by Gasteiger charge is -2.05. The molecule has 1 amide bonds. The van der Waals surface area contributed by atoms with Gasteiger partial charge in [-0.25, -0.2) is 4.39 Å². The Balaban J connectivity index is 2.14. The second kappa shape index (κ2) is 5.14. The van der Waals surface area contributed by atoms with Crippen molar-refractivity contribution in [3.63, 3.8) is 0 Å². The van der Waals surface area contributed by atoms with E-state index in [4.69, 9.17) is 0 Å². The number of carbonyl (C=O) groups excluding carboxylic acids is 2. The summed E-state index contributed by atoms with van der Waals surface area (Å²) in [6.07, 6.45) is 1.53. The normalized spacial score (nSPS) is 10.1. The highest BCUT2D eigenvalue weighted by Gasteiger charge is 2.18. The number of benzene rings is 1. The molecule has 0 spiro atoms. The number of carbonyl (C=O) groups is 2. The number of Topliss-reactive ketones (excluding diaryl/α,β-unsaturated/α-hetero) is 1. The van der Waals surface area contributed by atoms with E-state index in [-0.39, 0.29) is 11.4 Å². The number of ketones is 1. The largest absolute Gasteiger partial charge is 0.358 e. The summed E-state index contributed by atoms with van der Waals surface area (Å²) >= 11 is 3.10. The van der Waals surface area contributed by atoms with E-state index in [1.807, 2.05) is 0 Å². The zero-order chi connectivity index (χ0) is 13.1. The van der Waals surface area contributed by atoms with Gasteiger partial charge in [-0.2, -0.15) is 0 Å². The number of halogens is 2. The molecule has 4 nitrogen and oxygen atoms in total. The minimum absolute atomic E-state index is 0.0388. The molecule has 0 saturated carbocycles. The van der Waals surface area contributed by atoms with E-state index < -0.39 is 17.5 Å². The summed E-state index contributed by atoms with van der Waals surface area (Å²) in [5.74, 6) is -2.25. The molecule has 2 aromatic rings. The molecule has 0 aliphatic rings. The molecule has 0 unspecified atom stereocenters. The molecule has 0 fully saturated rings. The summed E-state index contributed by atoms with van der Waals surface area (Å²) in [5.41, 5.74) is 0.119. The Bertz CT molecular complexity index is 596. The van der Waals surface area contributed by atoms with Crippen molar-refractivity contribution in [2.45, 2.75) is 0 Å². The zero-order valence-electron chi connectivity index (χ0n) is 9.04. The van der Waals surface area contributed by atoms with Crippen LogP contribution in [0.1, 0.15) is 10.5 Å². The van der Waals surface area contributed by atoms with Crippen LogP contribution in [0.15, 0.2) is 41.0 Å². The molecule has 0 saturated heterocycles. The van der Waals surface area contributed by atoms with Gasteiger partial charge in [-0.1, -0.05) is 15.9 Å². The van der Waals surface area contributed by atoms with E-state index in [9.17, 15) is 14.0 Å². The van der Waals surface area contributed by atoms with Crippen LogP contribution >= 0.6 is 15.9 Å². The second-order valence-electron chi connectivity index (χ2n) is 3.49. The number of hydrogen-bond donors (Lipinski definition) is 2. The third kappa shape index (κ3) is 2.65. The van der Waals surface area contributed by atoms with Gasteiger partial charge in [0.2, 0.25) is 0 Å². The van der Waals surface area contributed by atoms with E-state index in [1.54, 1.807) is 12.1 Å². The number of anilines is 1. The van der Waals surface area contributed by atoms with Crippen LogP contribution in [0.2, 0.25) is 0 Å². The molecule has 0 aliphatic heterocycles. The monoisotopic (exact) mass is 310 g/mol. The molecule has 0 aliphatic carbocycles. The Morgan fingerprint density at radius 2 is 2.06 bits per heavy atom. The number of aromatic nitrogens is 1. The quantitative estimate of drug-likeness (QED) is 0.676. The number of rotatable bonds is 3. The van der Waals surface area contributed by atoms with E-state index in [2.05, 4.69) is 26.2 Å². The van der Waals surface area contributed by atoms with Gasteiger partial charge in [-0.05, 0) is 30.3 Å². The maximum Gasteiger partial charge on any atom is 0.298 e. The lowest BCUT2D eigenvalue weighted by Crippen LogP contribution is -2.23. The fourth-order valence-electron chi connectivity index (χ4n) is 1.36. The summed E-state index contributed by atoms with van der Waals surface area (Å²) in [6, 6.07) is 7.21. The molecule has 2 N–H and O–H groups in total. The number of aromatic amines is 1. The molecule has 0 atom stereocenters. The van der Waals surface area contributed by atoms with Crippen molar-refractivity contribution in [3.05, 3.63) is 52.5 Å². The van der Waals surface area contributed by atoms with Crippen LogP contribution < -0.4 is 5.32 Å². The first-order valence-electron chi connectivity index (χ1n) is 5.02. The molecule has 92 valence electrons. The van der Waals surface area contributed by atoms with Crippen LogP contribution in [0.25, 0.3) is 0 Å². The summed E-state index contributed by atoms with van der Waals surface area (Å²) < 4.78 is 14.0. The molecule has 1 heterocycles. The number of hydrogen-bond acceptors (Lipinski definition) is 2. The molecule has 6 heteroatoms. The first-order chi connectivity index (χ1) is 8.58. The zero-order valence-corrected chi connectivity index (χ0v) is 10.6. The van der Waals surface area contributed by atoms with Crippen molar-refractivity contribution in [1.29, 1.82) is 0 Å². The summed E-state index contributed by atoms with van der Waals surface area (Å²) in [4.78, 5) is 25.8. The summed E-state index contributed by atoms with van der Waals surface area (Å²) in [6.45, 7) is 0. The van der Waals surface area contributed by atoms with Gasteiger partial charge in [0.25, 0.3) is 11.7 Å². The van der Waals surface area contributed by atoms with Crippen molar-refractivity contribution < 1.29 is 14.0 Å². The Morgan fingerprint density at radius 3 is 2.67 bits per heavy atom. The molecule has 18 heavy (non-hydrogen) atoms. The second-order valence-corrected chi connectivity index (χ2v) is 4.41. The molecule has 1 aromatic heterocycles. The van der Waals surface area contributed by atoms with E-state index in [0.717, 1.165) is 0 Å². The predicted molar refractivity (Wildman–Crippen MR) is 67.9 cm³/mol. The van der Waals surface area contributed by atoms with Crippen LogP contribution in [-0.2, 0) is 4.79 Å². The van der Waals surface area contributed by atoms with Crippen molar-refractivity contribution >= 4 is 33.3 Å². The van der Waals surface area contributed by atoms with Crippen LogP contribution in [0.4, 0.5) is 10.1 Å². The van der Waals surface area contributed by atoms with E-state index >= 15 is 0 Å². The Labute approximate surface area is 110 Å². The summed E-state index contributed by atoms with van der Waals surface area (Å²) in [7, 11) is 0. The van der Waals surface area contributed by atoms with Gasteiger partial charge in [0.15, 0.2) is 0 Å².